The highest BCUT2D eigenvalue weighted by molar-refractivity contribution is 6.30. The SMILES string of the molecule is CN(C(=O)COc1ccc(C(=O)c2ccc(Cl)cc2)cc1)N1CCCCC1. The largest absolute Gasteiger partial charge is 0.484 e. The molecule has 0 unspecified atom stereocenters. The molecule has 0 saturated carbocycles. The van der Waals surface area contributed by atoms with E-state index >= 15 is 0 Å². The first-order valence-corrected chi connectivity index (χ1v) is 9.47. The van der Waals surface area contributed by atoms with Crippen LogP contribution in [0, 0.1) is 0 Å². The number of halogens is 1. The van der Waals surface area contributed by atoms with Gasteiger partial charge in [0.1, 0.15) is 5.75 Å². The van der Waals surface area contributed by atoms with Gasteiger partial charge in [0.15, 0.2) is 12.4 Å². The molecule has 1 amide bonds. The van der Waals surface area contributed by atoms with Crippen molar-refractivity contribution in [3.63, 3.8) is 0 Å². The lowest BCUT2D eigenvalue weighted by atomic mass is 10.0. The zero-order chi connectivity index (χ0) is 19.2. The maximum atomic E-state index is 12.4. The molecule has 0 aliphatic carbocycles. The van der Waals surface area contributed by atoms with Crippen LogP contribution < -0.4 is 4.74 Å². The second kappa shape index (κ2) is 9.02. The minimum atomic E-state index is -0.0850. The van der Waals surface area contributed by atoms with Gasteiger partial charge in [0.05, 0.1) is 0 Å². The molecule has 1 aliphatic heterocycles. The molecule has 0 atom stereocenters. The Kier molecular flexibility index (Phi) is 6.48. The third-order valence-corrected chi connectivity index (χ3v) is 4.95. The quantitative estimate of drug-likeness (QED) is 0.708. The second-order valence-electron chi connectivity index (χ2n) is 6.58. The topological polar surface area (TPSA) is 49.9 Å². The molecule has 0 spiro atoms. The van der Waals surface area contributed by atoms with E-state index in [2.05, 4.69) is 5.01 Å². The monoisotopic (exact) mass is 386 g/mol. The van der Waals surface area contributed by atoms with E-state index in [0.717, 1.165) is 25.9 Å². The number of hydrazine groups is 1. The molecule has 27 heavy (non-hydrogen) atoms. The fourth-order valence-electron chi connectivity index (χ4n) is 3.04. The van der Waals surface area contributed by atoms with E-state index in [-0.39, 0.29) is 18.3 Å². The number of hydrogen-bond donors (Lipinski definition) is 0. The Labute approximate surface area is 164 Å². The molecule has 0 radical (unpaired) electrons. The summed E-state index contributed by atoms with van der Waals surface area (Å²) in [6.45, 7) is 1.78. The molecule has 0 aromatic heterocycles. The summed E-state index contributed by atoms with van der Waals surface area (Å²) >= 11 is 5.85. The number of rotatable bonds is 6. The Bertz CT molecular complexity index is 784. The highest BCUT2D eigenvalue weighted by atomic mass is 35.5. The zero-order valence-corrected chi connectivity index (χ0v) is 16.1. The van der Waals surface area contributed by atoms with Crippen LogP contribution in [0.3, 0.4) is 0 Å². The number of likely N-dealkylation sites (N-methyl/N-ethyl adjacent to an activating group) is 1. The number of hydrogen-bond acceptors (Lipinski definition) is 4. The van der Waals surface area contributed by atoms with Gasteiger partial charge in [0.25, 0.3) is 5.91 Å². The van der Waals surface area contributed by atoms with Gasteiger partial charge in [-0.3, -0.25) is 14.6 Å². The smallest absolute Gasteiger partial charge is 0.274 e. The fraction of sp³-hybridized carbons (Fsp3) is 0.333. The molecular weight excluding hydrogens is 364 g/mol. The summed E-state index contributed by atoms with van der Waals surface area (Å²) in [5.74, 6) is 0.389. The van der Waals surface area contributed by atoms with Crippen LogP contribution in [0.15, 0.2) is 48.5 Å². The molecule has 1 aliphatic rings. The zero-order valence-electron chi connectivity index (χ0n) is 15.4. The van der Waals surface area contributed by atoms with Crippen LogP contribution in [0.25, 0.3) is 0 Å². The van der Waals surface area contributed by atoms with Crippen molar-refractivity contribution in [2.24, 2.45) is 0 Å². The molecule has 1 saturated heterocycles. The predicted molar refractivity (Wildman–Crippen MR) is 105 cm³/mol. The van der Waals surface area contributed by atoms with E-state index < -0.39 is 0 Å². The lowest BCUT2D eigenvalue weighted by Gasteiger charge is -2.34. The number of ketones is 1. The van der Waals surface area contributed by atoms with Crippen molar-refractivity contribution in [1.29, 1.82) is 0 Å². The molecule has 0 N–H and O–H groups in total. The lowest BCUT2D eigenvalue weighted by molar-refractivity contribution is -0.149. The van der Waals surface area contributed by atoms with Gasteiger partial charge in [-0.05, 0) is 61.4 Å². The molecule has 6 heteroatoms. The van der Waals surface area contributed by atoms with Gasteiger partial charge < -0.3 is 4.74 Å². The Morgan fingerprint density at radius 1 is 0.963 bits per heavy atom. The molecule has 142 valence electrons. The number of amides is 1. The predicted octanol–water partition coefficient (Wildman–Crippen LogP) is 3.81. The average molecular weight is 387 g/mol. The third kappa shape index (κ3) is 5.08. The van der Waals surface area contributed by atoms with Crippen molar-refractivity contribution in [2.75, 3.05) is 26.7 Å². The number of benzene rings is 2. The molecular formula is C21H23ClN2O3. The van der Waals surface area contributed by atoms with Crippen LogP contribution in [-0.4, -0.2) is 48.5 Å². The third-order valence-electron chi connectivity index (χ3n) is 4.70. The van der Waals surface area contributed by atoms with Gasteiger partial charge in [-0.25, -0.2) is 5.01 Å². The summed E-state index contributed by atoms with van der Waals surface area (Å²) in [5, 5.41) is 4.30. The Morgan fingerprint density at radius 2 is 1.52 bits per heavy atom. The van der Waals surface area contributed by atoms with Crippen molar-refractivity contribution in [3.8, 4) is 5.75 Å². The first kappa shape index (κ1) is 19.4. The van der Waals surface area contributed by atoms with Crippen molar-refractivity contribution < 1.29 is 14.3 Å². The van der Waals surface area contributed by atoms with Crippen LogP contribution in [0.5, 0.6) is 5.75 Å². The van der Waals surface area contributed by atoms with E-state index in [1.807, 2.05) is 0 Å². The van der Waals surface area contributed by atoms with Gasteiger partial charge in [-0.1, -0.05) is 18.0 Å². The molecule has 5 nitrogen and oxygen atoms in total. The molecule has 2 aromatic rings. The molecule has 0 bridgehead atoms. The Balaban J connectivity index is 1.55. The summed E-state index contributed by atoms with van der Waals surface area (Å²) in [6, 6.07) is 13.6. The van der Waals surface area contributed by atoms with Crippen molar-refractivity contribution in [2.45, 2.75) is 19.3 Å². The van der Waals surface area contributed by atoms with Crippen molar-refractivity contribution in [1.82, 2.24) is 10.0 Å². The summed E-state index contributed by atoms with van der Waals surface area (Å²) in [5.41, 5.74) is 1.13. The van der Waals surface area contributed by atoms with E-state index in [9.17, 15) is 9.59 Å². The van der Waals surface area contributed by atoms with Crippen LogP contribution in [0.1, 0.15) is 35.2 Å². The number of ether oxygens (including phenoxy) is 1. The standard InChI is InChI=1S/C21H23ClN2O3/c1-23(24-13-3-2-4-14-24)20(25)15-27-19-11-7-17(8-12-19)21(26)16-5-9-18(22)10-6-16/h5-12H,2-4,13-15H2,1H3. The molecule has 1 heterocycles. The van der Waals surface area contributed by atoms with E-state index in [1.54, 1.807) is 60.6 Å². The van der Waals surface area contributed by atoms with E-state index in [1.165, 1.54) is 6.42 Å². The van der Waals surface area contributed by atoms with Crippen LogP contribution >= 0.6 is 11.6 Å². The van der Waals surface area contributed by atoms with E-state index in [4.69, 9.17) is 16.3 Å². The van der Waals surface area contributed by atoms with Gasteiger partial charge in [0, 0.05) is 36.3 Å². The minimum Gasteiger partial charge on any atom is -0.484 e. The highest BCUT2D eigenvalue weighted by Crippen LogP contribution is 2.17. The number of carbonyl (C=O) groups is 2. The van der Waals surface area contributed by atoms with E-state index in [0.29, 0.717) is 21.9 Å². The average Bonchev–Trinajstić information content (AvgIpc) is 2.72. The van der Waals surface area contributed by atoms with Crippen molar-refractivity contribution in [3.05, 3.63) is 64.7 Å². The summed E-state index contributed by atoms with van der Waals surface area (Å²) in [7, 11) is 1.78. The molecule has 3 rings (SSSR count). The van der Waals surface area contributed by atoms with Gasteiger partial charge in [-0.2, -0.15) is 0 Å². The summed E-state index contributed by atoms with van der Waals surface area (Å²) in [6.07, 6.45) is 3.44. The van der Waals surface area contributed by atoms with Gasteiger partial charge in [-0.15, -0.1) is 0 Å². The number of piperidine rings is 1. The molecule has 1 fully saturated rings. The first-order valence-electron chi connectivity index (χ1n) is 9.09. The van der Waals surface area contributed by atoms with Crippen LogP contribution in [0.4, 0.5) is 0 Å². The minimum absolute atomic E-state index is 0.0303. The summed E-state index contributed by atoms with van der Waals surface area (Å²) in [4.78, 5) is 24.7. The Morgan fingerprint density at radius 3 is 2.11 bits per heavy atom. The number of carbonyl (C=O) groups excluding carboxylic acids is 2. The lowest BCUT2D eigenvalue weighted by Crippen LogP contribution is -2.48. The summed E-state index contributed by atoms with van der Waals surface area (Å²) < 4.78 is 5.59. The Hall–Kier alpha value is -2.37. The van der Waals surface area contributed by atoms with Crippen molar-refractivity contribution >= 4 is 23.3 Å². The van der Waals surface area contributed by atoms with Crippen LogP contribution in [0.2, 0.25) is 5.02 Å². The van der Waals surface area contributed by atoms with Crippen LogP contribution in [-0.2, 0) is 4.79 Å². The van der Waals surface area contributed by atoms with Gasteiger partial charge >= 0.3 is 0 Å². The fourth-order valence-corrected chi connectivity index (χ4v) is 3.17. The molecule has 2 aromatic carbocycles. The normalized spacial score (nSPS) is 14.6. The maximum Gasteiger partial charge on any atom is 0.274 e. The second-order valence-corrected chi connectivity index (χ2v) is 7.02. The number of nitrogens with zero attached hydrogens (tertiary/aromatic N) is 2. The maximum absolute atomic E-state index is 12.4. The highest BCUT2D eigenvalue weighted by Gasteiger charge is 2.19. The first-order chi connectivity index (χ1) is 13.0. The van der Waals surface area contributed by atoms with Gasteiger partial charge in [0.2, 0.25) is 0 Å².